The van der Waals surface area contributed by atoms with Gasteiger partial charge in [-0.25, -0.2) is 4.98 Å². The van der Waals surface area contributed by atoms with Crippen LogP contribution in [0.1, 0.15) is 32.6 Å². The van der Waals surface area contributed by atoms with Crippen LogP contribution in [0.4, 0.5) is 5.13 Å². The van der Waals surface area contributed by atoms with Crippen LogP contribution in [0.5, 0.6) is 0 Å². The number of aromatic nitrogens is 1. The van der Waals surface area contributed by atoms with E-state index in [0.717, 1.165) is 26.9 Å². The zero-order valence-corrected chi connectivity index (χ0v) is 14.0. The molecule has 22 heavy (non-hydrogen) atoms. The van der Waals surface area contributed by atoms with E-state index in [9.17, 15) is 4.79 Å². The van der Waals surface area contributed by atoms with Crippen LogP contribution in [0, 0.1) is 27.7 Å². The fraction of sp³-hybridized carbons (Fsp3) is 0.222. The highest BCUT2D eigenvalue weighted by Gasteiger charge is 2.13. The number of benzene rings is 2. The maximum atomic E-state index is 12.5. The predicted octanol–water partition coefficient (Wildman–Crippen LogP) is 4.78. The molecule has 4 heteroatoms. The number of hydrogen-bond donors (Lipinski definition) is 1. The summed E-state index contributed by atoms with van der Waals surface area (Å²) in [5.41, 5.74) is 6.06. The molecule has 0 radical (unpaired) electrons. The molecular formula is C18H18N2OS. The molecule has 0 spiro atoms. The lowest BCUT2D eigenvalue weighted by Crippen LogP contribution is -2.13. The van der Waals surface area contributed by atoms with E-state index in [1.165, 1.54) is 16.9 Å². The SMILES string of the molecule is Cc1ccc(C)c(C(=O)Nc2nc3c(C)cc(C)cc3s2)c1. The maximum Gasteiger partial charge on any atom is 0.257 e. The third-order valence-electron chi connectivity index (χ3n) is 3.69. The van der Waals surface area contributed by atoms with E-state index in [4.69, 9.17) is 0 Å². The van der Waals surface area contributed by atoms with E-state index in [1.54, 1.807) is 0 Å². The first-order valence-electron chi connectivity index (χ1n) is 7.20. The van der Waals surface area contributed by atoms with Crippen molar-refractivity contribution in [1.29, 1.82) is 0 Å². The van der Waals surface area contributed by atoms with Crippen molar-refractivity contribution in [3.63, 3.8) is 0 Å². The molecule has 0 atom stereocenters. The molecule has 3 aromatic rings. The van der Waals surface area contributed by atoms with Crippen LogP contribution in [-0.4, -0.2) is 10.9 Å². The monoisotopic (exact) mass is 310 g/mol. The average Bonchev–Trinajstić information content (AvgIpc) is 2.84. The van der Waals surface area contributed by atoms with E-state index in [0.29, 0.717) is 10.7 Å². The molecule has 2 aromatic carbocycles. The molecular weight excluding hydrogens is 292 g/mol. The van der Waals surface area contributed by atoms with Gasteiger partial charge < -0.3 is 0 Å². The molecule has 0 unspecified atom stereocenters. The summed E-state index contributed by atoms with van der Waals surface area (Å²) in [6.45, 7) is 8.05. The van der Waals surface area contributed by atoms with Gasteiger partial charge in [-0.15, -0.1) is 0 Å². The van der Waals surface area contributed by atoms with Crippen molar-refractivity contribution in [2.24, 2.45) is 0 Å². The summed E-state index contributed by atoms with van der Waals surface area (Å²) in [4.78, 5) is 17.0. The van der Waals surface area contributed by atoms with Gasteiger partial charge in [-0.05, 0) is 56.5 Å². The summed E-state index contributed by atoms with van der Waals surface area (Å²) in [6, 6.07) is 10.1. The number of thiazole rings is 1. The zero-order chi connectivity index (χ0) is 15.9. The number of nitrogens with zero attached hydrogens (tertiary/aromatic N) is 1. The van der Waals surface area contributed by atoms with E-state index >= 15 is 0 Å². The summed E-state index contributed by atoms with van der Waals surface area (Å²) in [6.07, 6.45) is 0. The minimum Gasteiger partial charge on any atom is -0.298 e. The van der Waals surface area contributed by atoms with Crippen LogP contribution >= 0.6 is 11.3 Å². The molecule has 0 saturated carbocycles. The van der Waals surface area contributed by atoms with Gasteiger partial charge in [0.1, 0.15) is 0 Å². The van der Waals surface area contributed by atoms with E-state index in [2.05, 4.69) is 29.4 Å². The summed E-state index contributed by atoms with van der Waals surface area (Å²) in [7, 11) is 0. The van der Waals surface area contributed by atoms with Gasteiger partial charge in [0.25, 0.3) is 5.91 Å². The third kappa shape index (κ3) is 2.74. The number of carbonyl (C=O) groups is 1. The quantitative estimate of drug-likeness (QED) is 0.740. The summed E-state index contributed by atoms with van der Waals surface area (Å²) in [5, 5.41) is 3.58. The van der Waals surface area contributed by atoms with Crippen LogP contribution in [-0.2, 0) is 0 Å². The van der Waals surface area contributed by atoms with Crippen molar-refractivity contribution < 1.29 is 4.79 Å². The van der Waals surface area contributed by atoms with Crippen LogP contribution < -0.4 is 5.32 Å². The lowest BCUT2D eigenvalue weighted by molar-refractivity contribution is 0.102. The first-order valence-corrected chi connectivity index (χ1v) is 8.02. The van der Waals surface area contributed by atoms with Gasteiger partial charge in [0.05, 0.1) is 10.2 Å². The largest absolute Gasteiger partial charge is 0.298 e. The van der Waals surface area contributed by atoms with Crippen molar-refractivity contribution in [3.05, 3.63) is 58.1 Å². The van der Waals surface area contributed by atoms with Gasteiger partial charge in [-0.1, -0.05) is 35.1 Å². The summed E-state index contributed by atoms with van der Waals surface area (Å²) in [5.74, 6) is -0.102. The van der Waals surface area contributed by atoms with Crippen molar-refractivity contribution in [1.82, 2.24) is 4.98 Å². The molecule has 0 bridgehead atoms. The van der Waals surface area contributed by atoms with Gasteiger partial charge in [-0.3, -0.25) is 10.1 Å². The average molecular weight is 310 g/mol. The Balaban J connectivity index is 1.94. The van der Waals surface area contributed by atoms with Gasteiger partial charge in [-0.2, -0.15) is 0 Å². The van der Waals surface area contributed by atoms with E-state index in [1.807, 2.05) is 39.0 Å². The van der Waals surface area contributed by atoms with Gasteiger partial charge in [0.15, 0.2) is 5.13 Å². The van der Waals surface area contributed by atoms with Crippen molar-refractivity contribution in [2.45, 2.75) is 27.7 Å². The molecule has 0 aliphatic rings. The Morgan fingerprint density at radius 2 is 1.77 bits per heavy atom. The molecule has 3 rings (SSSR count). The molecule has 1 amide bonds. The van der Waals surface area contributed by atoms with Crippen LogP contribution in [0.3, 0.4) is 0 Å². The Hall–Kier alpha value is -2.20. The molecule has 0 aliphatic heterocycles. The fourth-order valence-corrected chi connectivity index (χ4v) is 3.61. The number of rotatable bonds is 2. The van der Waals surface area contributed by atoms with Crippen LogP contribution in [0.25, 0.3) is 10.2 Å². The van der Waals surface area contributed by atoms with E-state index in [-0.39, 0.29) is 5.91 Å². The highest BCUT2D eigenvalue weighted by Crippen LogP contribution is 2.29. The minimum absolute atomic E-state index is 0.102. The molecule has 1 N–H and O–H groups in total. The topological polar surface area (TPSA) is 42.0 Å². The van der Waals surface area contributed by atoms with Gasteiger partial charge in [0, 0.05) is 5.56 Å². The number of fused-ring (bicyclic) bond motifs is 1. The van der Waals surface area contributed by atoms with Gasteiger partial charge in [0.2, 0.25) is 0 Å². The van der Waals surface area contributed by atoms with Crippen LogP contribution in [0.15, 0.2) is 30.3 Å². The second-order valence-corrected chi connectivity index (χ2v) is 6.75. The lowest BCUT2D eigenvalue weighted by atomic mass is 10.1. The lowest BCUT2D eigenvalue weighted by Gasteiger charge is -2.06. The second kappa shape index (κ2) is 5.54. The van der Waals surface area contributed by atoms with Gasteiger partial charge >= 0.3 is 0 Å². The Kier molecular flexibility index (Phi) is 3.71. The number of aryl methyl sites for hydroxylation is 4. The summed E-state index contributed by atoms with van der Waals surface area (Å²) < 4.78 is 1.11. The van der Waals surface area contributed by atoms with Crippen molar-refractivity contribution >= 4 is 32.6 Å². The summed E-state index contributed by atoms with van der Waals surface area (Å²) >= 11 is 1.52. The van der Waals surface area contributed by atoms with Crippen molar-refractivity contribution in [2.75, 3.05) is 5.32 Å². The molecule has 1 heterocycles. The Morgan fingerprint density at radius 3 is 2.55 bits per heavy atom. The first kappa shape index (κ1) is 14.7. The predicted molar refractivity (Wildman–Crippen MR) is 93.0 cm³/mol. The second-order valence-electron chi connectivity index (χ2n) is 5.72. The Labute approximate surface area is 134 Å². The highest BCUT2D eigenvalue weighted by atomic mass is 32.1. The number of nitrogens with one attached hydrogen (secondary N) is 1. The number of carbonyl (C=O) groups excluding carboxylic acids is 1. The standard InChI is InChI=1S/C18H18N2OS/c1-10-5-6-12(3)14(8-10)17(21)20-18-19-16-13(4)7-11(2)9-15(16)22-18/h5-9H,1-4H3,(H,19,20,21). The minimum atomic E-state index is -0.102. The Morgan fingerprint density at radius 1 is 1.00 bits per heavy atom. The molecule has 1 aromatic heterocycles. The van der Waals surface area contributed by atoms with Crippen LogP contribution in [0.2, 0.25) is 0 Å². The van der Waals surface area contributed by atoms with E-state index < -0.39 is 0 Å². The third-order valence-corrected chi connectivity index (χ3v) is 4.61. The molecule has 0 aliphatic carbocycles. The zero-order valence-electron chi connectivity index (χ0n) is 13.2. The number of anilines is 1. The normalized spacial score (nSPS) is 10.9. The van der Waals surface area contributed by atoms with Crippen molar-refractivity contribution in [3.8, 4) is 0 Å². The number of hydrogen-bond acceptors (Lipinski definition) is 3. The maximum absolute atomic E-state index is 12.5. The molecule has 0 saturated heterocycles. The number of amides is 1. The molecule has 0 fully saturated rings. The smallest absolute Gasteiger partial charge is 0.257 e. The fourth-order valence-electron chi connectivity index (χ4n) is 2.57. The highest BCUT2D eigenvalue weighted by molar-refractivity contribution is 7.22. The first-order chi connectivity index (χ1) is 10.4. The Bertz CT molecular complexity index is 880. The molecule has 112 valence electrons. The molecule has 3 nitrogen and oxygen atoms in total.